The third-order valence-corrected chi connectivity index (χ3v) is 5.66. The van der Waals surface area contributed by atoms with Crippen LogP contribution in [0.3, 0.4) is 0 Å². The Bertz CT molecular complexity index is 1090. The van der Waals surface area contributed by atoms with Crippen LogP contribution in [0, 0.1) is 0 Å². The molecule has 0 saturated heterocycles. The molecule has 206 valence electrons. The molecule has 2 rings (SSSR count). The van der Waals surface area contributed by atoms with Crippen molar-refractivity contribution in [2.45, 2.75) is 57.0 Å². The molecule has 8 N–H and O–H groups in total. The molecule has 0 saturated carbocycles. The maximum absolute atomic E-state index is 13.0. The number of carboxylic acid groups (broad SMARTS) is 1. The molecule has 0 radical (unpaired) electrons. The second-order valence-electron chi connectivity index (χ2n) is 8.56. The number of aliphatic hydroxyl groups excluding tert-OH is 2. The fraction of sp³-hybridized carbons (Fsp3) is 0.400. The van der Waals surface area contributed by atoms with Crippen molar-refractivity contribution < 1.29 is 39.3 Å². The van der Waals surface area contributed by atoms with Gasteiger partial charge in [0.15, 0.2) is 0 Å². The highest BCUT2D eigenvalue weighted by molar-refractivity contribution is 5.97. The van der Waals surface area contributed by atoms with Gasteiger partial charge in [-0.15, -0.1) is 0 Å². The minimum absolute atomic E-state index is 0.150. The second kappa shape index (κ2) is 14.5. The summed E-state index contributed by atoms with van der Waals surface area (Å²) >= 11 is 0. The van der Waals surface area contributed by atoms with Gasteiger partial charge in [0, 0.05) is 6.20 Å². The van der Waals surface area contributed by atoms with Crippen LogP contribution >= 0.6 is 0 Å². The molecule has 0 spiro atoms. The third-order valence-electron chi connectivity index (χ3n) is 5.66. The number of carbonyl (C=O) groups is 5. The minimum atomic E-state index is -1.48. The molecule has 13 nitrogen and oxygen atoms in total. The average molecular weight is 532 g/mol. The number of H-pyrrole nitrogens is 1. The van der Waals surface area contributed by atoms with E-state index in [0.717, 1.165) is 0 Å². The summed E-state index contributed by atoms with van der Waals surface area (Å²) < 4.78 is 0. The van der Waals surface area contributed by atoms with Crippen molar-refractivity contribution in [1.82, 2.24) is 26.3 Å². The Morgan fingerprint density at radius 3 is 2.11 bits per heavy atom. The number of hydrogen-bond acceptors (Lipinski definition) is 7. The summed E-state index contributed by atoms with van der Waals surface area (Å²) in [4.78, 5) is 64.6. The lowest BCUT2D eigenvalue weighted by Crippen LogP contribution is -2.58. The maximum Gasteiger partial charge on any atom is 0.326 e. The molecule has 0 fully saturated rings. The topological polar surface area (TPSA) is 210 Å². The Labute approximate surface area is 219 Å². The zero-order chi connectivity index (χ0) is 28.2. The number of rotatable bonds is 14. The Morgan fingerprint density at radius 1 is 0.895 bits per heavy atom. The van der Waals surface area contributed by atoms with E-state index >= 15 is 0 Å². The molecule has 38 heavy (non-hydrogen) atoms. The highest BCUT2D eigenvalue weighted by atomic mass is 16.4. The predicted octanol–water partition coefficient (Wildman–Crippen LogP) is -0.802. The number of aromatic amines is 1. The van der Waals surface area contributed by atoms with Crippen LogP contribution in [-0.2, 0) is 19.2 Å². The molecule has 0 aliphatic carbocycles. The largest absolute Gasteiger partial charge is 0.480 e. The van der Waals surface area contributed by atoms with Crippen molar-refractivity contribution in [3.63, 3.8) is 0 Å². The second-order valence-corrected chi connectivity index (χ2v) is 8.56. The molecule has 0 aliphatic rings. The number of aliphatic hydroxyl groups is 2. The molecule has 13 heteroatoms. The van der Waals surface area contributed by atoms with E-state index in [1.165, 1.54) is 19.2 Å². The SMILES string of the molecule is CC[C@H](NC(=O)C[C@@H](NC(=O)[C@H](CO)NC(=O)[C@@H](NC(=O)c1ccc[nH]1)[C@H](C)O)c1ccccc1)C(=O)O. The summed E-state index contributed by atoms with van der Waals surface area (Å²) in [6.07, 6.45) is 0.0188. The van der Waals surface area contributed by atoms with Crippen molar-refractivity contribution in [1.29, 1.82) is 0 Å². The fourth-order valence-corrected chi connectivity index (χ4v) is 3.54. The van der Waals surface area contributed by atoms with Crippen molar-refractivity contribution in [2.75, 3.05) is 6.61 Å². The van der Waals surface area contributed by atoms with Crippen molar-refractivity contribution in [2.24, 2.45) is 0 Å². The van der Waals surface area contributed by atoms with Gasteiger partial charge in [0.1, 0.15) is 23.8 Å². The van der Waals surface area contributed by atoms with Crippen LogP contribution in [0.4, 0.5) is 0 Å². The van der Waals surface area contributed by atoms with E-state index in [9.17, 15) is 39.3 Å². The van der Waals surface area contributed by atoms with Gasteiger partial charge in [-0.25, -0.2) is 4.79 Å². The van der Waals surface area contributed by atoms with E-state index in [4.69, 9.17) is 0 Å². The van der Waals surface area contributed by atoms with Crippen LogP contribution < -0.4 is 21.3 Å². The van der Waals surface area contributed by atoms with Gasteiger partial charge in [0.2, 0.25) is 17.7 Å². The van der Waals surface area contributed by atoms with Crippen molar-refractivity contribution in [3.05, 3.63) is 59.9 Å². The van der Waals surface area contributed by atoms with Crippen LogP contribution in [0.5, 0.6) is 0 Å². The summed E-state index contributed by atoms with van der Waals surface area (Å²) in [7, 11) is 0. The molecule has 5 atom stereocenters. The van der Waals surface area contributed by atoms with Gasteiger partial charge in [0.25, 0.3) is 5.91 Å². The first kappa shape index (κ1) is 30.0. The molecular weight excluding hydrogens is 498 g/mol. The normalized spacial score (nSPS) is 14.7. The van der Waals surface area contributed by atoms with Gasteiger partial charge in [-0.2, -0.15) is 0 Å². The molecule has 1 heterocycles. The first-order valence-corrected chi connectivity index (χ1v) is 12.0. The van der Waals surface area contributed by atoms with Gasteiger partial charge in [-0.3, -0.25) is 19.2 Å². The number of aromatic nitrogens is 1. The van der Waals surface area contributed by atoms with Gasteiger partial charge in [0.05, 0.1) is 25.2 Å². The Kier molecular flexibility index (Phi) is 11.4. The Balaban J connectivity index is 2.13. The van der Waals surface area contributed by atoms with Gasteiger partial charge in [-0.1, -0.05) is 37.3 Å². The molecule has 2 aromatic rings. The number of hydrogen-bond donors (Lipinski definition) is 8. The van der Waals surface area contributed by atoms with Crippen LogP contribution in [0.1, 0.15) is 48.8 Å². The van der Waals surface area contributed by atoms with E-state index in [1.807, 2.05) is 0 Å². The first-order valence-electron chi connectivity index (χ1n) is 12.0. The zero-order valence-electron chi connectivity index (χ0n) is 21.0. The Morgan fingerprint density at radius 2 is 1.58 bits per heavy atom. The van der Waals surface area contributed by atoms with Gasteiger partial charge >= 0.3 is 5.97 Å². The van der Waals surface area contributed by atoms with E-state index < -0.39 is 66.5 Å². The zero-order valence-corrected chi connectivity index (χ0v) is 21.0. The number of aliphatic carboxylic acids is 1. The molecule has 1 aromatic heterocycles. The smallest absolute Gasteiger partial charge is 0.326 e. The van der Waals surface area contributed by atoms with E-state index in [0.29, 0.717) is 5.56 Å². The lowest BCUT2D eigenvalue weighted by atomic mass is 10.0. The van der Waals surface area contributed by atoms with Crippen LogP contribution in [-0.4, -0.2) is 80.7 Å². The van der Waals surface area contributed by atoms with Crippen molar-refractivity contribution >= 4 is 29.6 Å². The number of carbonyl (C=O) groups excluding carboxylic acids is 4. The summed E-state index contributed by atoms with van der Waals surface area (Å²) in [5.41, 5.74) is 0.680. The quantitative estimate of drug-likeness (QED) is 0.154. The van der Waals surface area contributed by atoms with Crippen LogP contribution in [0.2, 0.25) is 0 Å². The van der Waals surface area contributed by atoms with E-state index in [-0.39, 0.29) is 18.5 Å². The molecule has 0 unspecified atom stereocenters. The molecule has 0 bridgehead atoms. The van der Waals surface area contributed by atoms with Gasteiger partial charge in [-0.05, 0) is 31.0 Å². The highest BCUT2D eigenvalue weighted by Crippen LogP contribution is 2.17. The van der Waals surface area contributed by atoms with Crippen LogP contribution in [0.25, 0.3) is 0 Å². The average Bonchev–Trinajstić information content (AvgIpc) is 3.43. The number of nitrogens with one attached hydrogen (secondary N) is 5. The van der Waals surface area contributed by atoms with Crippen molar-refractivity contribution in [3.8, 4) is 0 Å². The molecule has 0 aliphatic heterocycles. The summed E-state index contributed by atoms with van der Waals surface area (Å²) in [6.45, 7) is 2.06. The summed E-state index contributed by atoms with van der Waals surface area (Å²) in [5, 5.41) is 38.7. The summed E-state index contributed by atoms with van der Waals surface area (Å²) in [5.74, 6) is -4.24. The lowest BCUT2D eigenvalue weighted by Gasteiger charge is -2.26. The van der Waals surface area contributed by atoms with Gasteiger partial charge < -0.3 is 41.6 Å². The van der Waals surface area contributed by atoms with Crippen LogP contribution in [0.15, 0.2) is 48.7 Å². The third kappa shape index (κ3) is 8.71. The molecule has 1 aromatic carbocycles. The molecule has 4 amide bonds. The minimum Gasteiger partial charge on any atom is -0.480 e. The number of amides is 4. The summed E-state index contributed by atoms with van der Waals surface area (Å²) in [6, 6.07) is 6.51. The predicted molar refractivity (Wildman–Crippen MR) is 135 cm³/mol. The maximum atomic E-state index is 13.0. The highest BCUT2D eigenvalue weighted by Gasteiger charge is 2.31. The van der Waals surface area contributed by atoms with E-state index in [1.54, 1.807) is 43.3 Å². The monoisotopic (exact) mass is 531 g/mol. The lowest BCUT2D eigenvalue weighted by molar-refractivity contribution is -0.142. The number of benzene rings is 1. The molecular formula is C25H33N5O8. The fourth-order valence-electron chi connectivity index (χ4n) is 3.54. The standard InChI is InChI=1S/C25H33N5O8/c1-3-16(25(37)38)27-20(33)12-18(15-8-5-4-6-9-15)28-23(35)19(13-31)29-24(36)21(14(2)32)30-22(34)17-10-7-11-26-17/h4-11,14,16,18-19,21,26,31-32H,3,12-13H2,1-2H3,(H,27,33)(H,28,35)(H,29,36)(H,30,34)(H,37,38)/t14-,16-,18+,19-,21-/m0/s1. The number of carboxylic acids is 1. The Hall–Kier alpha value is -4.23. The van der Waals surface area contributed by atoms with E-state index in [2.05, 4.69) is 26.3 Å². The first-order chi connectivity index (χ1) is 18.1.